The molecule has 188 valence electrons. The molecule has 2 N–H and O–H groups in total. The fourth-order valence-electron chi connectivity index (χ4n) is 1.34. The fraction of sp³-hybridized carbons (Fsp3) is 1.00. The predicted molar refractivity (Wildman–Crippen MR) is 102 cm³/mol. The minimum absolute atomic E-state index is 1.19. The number of hydrogen-bond acceptors (Lipinski definition) is 6. The van der Waals surface area contributed by atoms with Crippen molar-refractivity contribution >= 4 is 20.2 Å². The second kappa shape index (κ2) is 16.9. The number of hydrogen-bond donors (Lipinski definition) is 2. The molecule has 0 atom stereocenters. The molecule has 0 bridgehead atoms. The summed E-state index contributed by atoms with van der Waals surface area (Å²) in [6.07, 6.45) is 0. The quantitative estimate of drug-likeness (QED) is 0.322. The lowest BCUT2D eigenvalue weighted by Crippen LogP contribution is -2.21. The Hall–Kier alpha value is -0.680. The largest absolute Gasteiger partial charge is 0.522 e. The van der Waals surface area contributed by atoms with E-state index in [1.807, 2.05) is 0 Å². The fourth-order valence-corrected chi connectivity index (χ4v) is 1.34. The highest BCUT2D eigenvalue weighted by Crippen LogP contribution is 2.21. The molecule has 0 fully saturated rings. The van der Waals surface area contributed by atoms with Gasteiger partial charge in [-0.25, -0.2) is 0 Å². The lowest BCUT2D eigenvalue weighted by Gasteiger charge is -2.13. The van der Waals surface area contributed by atoms with E-state index in [1.54, 1.807) is 0 Å². The van der Waals surface area contributed by atoms with Gasteiger partial charge in [-0.15, -0.1) is 0 Å². The number of rotatable bonds is 6. The van der Waals surface area contributed by atoms with Crippen LogP contribution in [0.3, 0.4) is 0 Å². The monoisotopic (exact) mass is 502 g/mol. The molecule has 8 nitrogen and oxygen atoms in total. The maximum Gasteiger partial charge on any atom is 0.522 e. The van der Waals surface area contributed by atoms with Crippen LogP contribution in [0.5, 0.6) is 0 Å². The third-order valence-corrected chi connectivity index (χ3v) is 4.44. The van der Waals surface area contributed by atoms with E-state index >= 15 is 0 Å². The molecule has 0 radical (unpaired) electrons. The molecule has 0 spiro atoms. The summed E-state index contributed by atoms with van der Waals surface area (Å²) in [6.45, 7) is 20.2. The zero-order chi connectivity index (χ0) is 25.4. The lowest BCUT2D eigenvalue weighted by molar-refractivity contribution is -0.0514. The summed E-state index contributed by atoms with van der Waals surface area (Å²) >= 11 is 0. The summed E-state index contributed by atoms with van der Waals surface area (Å²) in [5.74, 6) is 0. The Kier molecular flexibility index (Phi) is 20.7. The van der Waals surface area contributed by atoms with E-state index in [0.29, 0.717) is 0 Å². The Morgan fingerprint density at radius 3 is 0.633 bits per heavy atom. The van der Waals surface area contributed by atoms with E-state index in [1.165, 1.54) is 39.3 Å². The summed E-state index contributed by atoms with van der Waals surface area (Å²) in [5.41, 5.74) is -11.1. The topological polar surface area (TPSA) is 115 Å². The molecule has 0 aromatic heterocycles. The first kappa shape index (κ1) is 36.7. The van der Waals surface area contributed by atoms with Gasteiger partial charge in [0.15, 0.2) is 0 Å². The molecule has 0 saturated carbocycles. The molecule has 0 rings (SSSR count). The summed E-state index contributed by atoms with van der Waals surface area (Å²) < 4.78 is 115. The van der Waals surface area contributed by atoms with Gasteiger partial charge >= 0.3 is 31.3 Å². The van der Waals surface area contributed by atoms with Crippen LogP contribution < -0.4 is 0 Å². The van der Waals surface area contributed by atoms with Crippen LogP contribution in [-0.2, 0) is 20.2 Å². The molecule has 0 heterocycles. The second-order valence-corrected chi connectivity index (χ2v) is 7.91. The van der Waals surface area contributed by atoms with Crippen LogP contribution in [-0.4, -0.2) is 86.0 Å². The Labute approximate surface area is 174 Å². The van der Waals surface area contributed by atoms with Crippen LogP contribution in [0.2, 0.25) is 0 Å². The standard InChI is InChI=1S/2C6H15N.2CHF3O3S/c2*1-4-7(5-2)6-3;2*2-1(3,4)8(5,6)7/h2*4-6H2,1-3H3;2*(H,5,6,7). The van der Waals surface area contributed by atoms with Crippen molar-refractivity contribution < 1.29 is 52.3 Å². The summed E-state index contributed by atoms with van der Waals surface area (Å²) in [6, 6.07) is 0. The van der Waals surface area contributed by atoms with E-state index in [2.05, 4.69) is 51.3 Å². The van der Waals surface area contributed by atoms with Crippen LogP contribution in [0.15, 0.2) is 0 Å². The van der Waals surface area contributed by atoms with Crippen LogP contribution >= 0.6 is 0 Å². The molecule has 30 heavy (non-hydrogen) atoms. The van der Waals surface area contributed by atoms with Crippen molar-refractivity contribution in [2.45, 2.75) is 52.6 Å². The Morgan fingerprint density at radius 1 is 0.533 bits per heavy atom. The van der Waals surface area contributed by atoms with Crippen molar-refractivity contribution in [3.63, 3.8) is 0 Å². The molecular formula is C14H32F6N2O6S2. The minimum Gasteiger partial charge on any atom is -0.304 e. The van der Waals surface area contributed by atoms with Crippen molar-refractivity contribution in [2.24, 2.45) is 0 Å². The van der Waals surface area contributed by atoms with Gasteiger partial charge in [0.25, 0.3) is 0 Å². The maximum absolute atomic E-state index is 10.7. The molecule has 16 heteroatoms. The molecule has 0 aliphatic heterocycles. The van der Waals surface area contributed by atoms with Gasteiger partial charge in [0.05, 0.1) is 0 Å². The molecule has 0 aromatic rings. The van der Waals surface area contributed by atoms with Gasteiger partial charge in [-0.3, -0.25) is 9.11 Å². The van der Waals surface area contributed by atoms with E-state index in [0.717, 1.165) is 0 Å². The van der Waals surface area contributed by atoms with Crippen molar-refractivity contribution in [2.75, 3.05) is 39.3 Å². The highest BCUT2D eigenvalue weighted by molar-refractivity contribution is 7.86. The number of halogens is 6. The first-order chi connectivity index (χ1) is 13.2. The van der Waals surface area contributed by atoms with E-state index in [-0.39, 0.29) is 0 Å². The third-order valence-electron chi connectivity index (χ3n) is 3.27. The first-order valence-electron chi connectivity index (χ1n) is 8.71. The zero-order valence-corrected chi connectivity index (χ0v) is 19.4. The van der Waals surface area contributed by atoms with Crippen molar-refractivity contribution in [3.05, 3.63) is 0 Å². The van der Waals surface area contributed by atoms with Gasteiger partial charge in [0, 0.05) is 0 Å². The third kappa shape index (κ3) is 22.0. The SMILES string of the molecule is CCN(CC)CC.CCN(CC)CC.O=S(=O)(O)C(F)(F)F.O=S(=O)(O)C(F)(F)F. The molecule has 0 amide bonds. The zero-order valence-electron chi connectivity index (χ0n) is 17.7. The Bertz CT molecular complexity index is 536. The molecule has 0 saturated heterocycles. The van der Waals surface area contributed by atoms with Gasteiger partial charge in [-0.2, -0.15) is 43.2 Å². The minimum atomic E-state index is -5.84. The summed E-state index contributed by atoms with van der Waals surface area (Å²) in [5, 5.41) is 0. The number of nitrogens with zero attached hydrogens (tertiary/aromatic N) is 2. The van der Waals surface area contributed by atoms with Crippen molar-refractivity contribution in [1.82, 2.24) is 9.80 Å². The predicted octanol–water partition coefficient (Wildman–Crippen LogP) is 3.48. The van der Waals surface area contributed by atoms with Gasteiger partial charge in [-0.1, -0.05) is 41.5 Å². The average Bonchev–Trinajstić information content (AvgIpc) is 2.56. The van der Waals surface area contributed by atoms with Crippen LogP contribution in [0.25, 0.3) is 0 Å². The maximum atomic E-state index is 10.7. The lowest BCUT2D eigenvalue weighted by atomic mass is 10.5. The Balaban J connectivity index is -0.000000151. The van der Waals surface area contributed by atoms with Gasteiger partial charge in [0.1, 0.15) is 0 Å². The normalized spacial score (nSPS) is 12.3. The van der Waals surface area contributed by atoms with Crippen molar-refractivity contribution in [1.29, 1.82) is 0 Å². The van der Waals surface area contributed by atoms with E-state index in [4.69, 9.17) is 25.9 Å². The van der Waals surface area contributed by atoms with Crippen LogP contribution in [0.4, 0.5) is 26.3 Å². The van der Waals surface area contributed by atoms with Gasteiger partial charge in [0.2, 0.25) is 0 Å². The molecule has 0 aliphatic carbocycles. The van der Waals surface area contributed by atoms with Crippen LogP contribution in [0, 0.1) is 0 Å². The summed E-state index contributed by atoms with van der Waals surface area (Å²) in [7, 11) is -11.7. The molecule has 0 unspecified atom stereocenters. The molecule has 0 aliphatic rings. The number of alkyl halides is 6. The molecular weight excluding hydrogens is 470 g/mol. The summed E-state index contributed by atoms with van der Waals surface area (Å²) in [4.78, 5) is 4.75. The van der Waals surface area contributed by atoms with Gasteiger partial charge < -0.3 is 9.80 Å². The first-order valence-corrected chi connectivity index (χ1v) is 11.6. The van der Waals surface area contributed by atoms with E-state index < -0.39 is 31.3 Å². The average molecular weight is 503 g/mol. The van der Waals surface area contributed by atoms with E-state index in [9.17, 15) is 26.3 Å². The van der Waals surface area contributed by atoms with Crippen LogP contribution in [0.1, 0.15) is 41.5 Å². The highest BCUT2D eigenvalue weighted by Gasteiger charge is 2.45. The second-order valence-electron chi connectivity index (χ2n) is 5.08. The smallest absolute Gasteiger partial charge is 0.304 e. The Morgan fingerprint density at radius 2 is 0.633 bits per heavy atom. The van der Waals surface area contributed by atoms with Gasteiger partial charge in [-0.05, 0) is 39.3 Å². The highest BCUT2D eigenvalue weighted by atomic mass is 32.2. The van der Waals surface area contributed by atoms with Crippen molar-refractivity contribution in [3.8, 4) is 0 Å². The molecule has 0 aromatic carbocycles.